The molecule has 2 saturated heterocycles. The highest BCUT2D eigenvalue weighted by Crippen LogP contribution is 2.30. The first-order chi connectivity index (χ1) is 18.3. The minimum absolute atomic E-state index is 0.179. The molecule has 0 aromatic heterocycles. The van der Waals surface area contributed by atoms with E-state index < -0.39 is 5.92 Å². The Bertz CT molecular complexity index is 1160. The summed E-state index contributed by atoms with van der Waals surface area (Å²) in [5.41, 5.74) is 5.12. The van der Waals surface area contributed by atoms with Crippen molar-refractivity contribution in [2.24, 2.45) is 16.8 Å². The van der Waals surface area contributed by atoms with E-state index in [1.165, 1.54) is 0 Å². The van der Waals surface area contributed by atoms with Gasteiger partial charge >= 0.3 is 0 Å². The Labute approximate surface area is 227 Å². The van der Waals surface area contributed by atoms with Gasteiger partial charge in [0.25, 0.3) is 11.8 Å². The lowest BCUT2D eigenvalue weighted by atomic mass is 9.94. The predicted molar refractivity (Wildman–Crippen MR) is 153 cm³/mol. The van der Waals surface area contributed by atoms with Crippen LogP contribution in [0.25, 0.3) is 0 Å². The summed E-state index contributed by atoms with van der Waals surface area (Å²) >= 11 is 0. The number of carbonyl (C=O) groups is 2. The molecule has 4 rings (SSSR count). The number of piperidine rings is 1. The van der Waals surface area contributed by atoms with Crippen molar-refractivity contribution < 1.29 is 14.3 Å². The Kier molecular flexibility index (Phi) is 9.40. The van der Waals surface area contributed by atoms with Crippen LogP contribution in [-0.2, 0) is 9.53 Å². The van der Waals surface area contributed by atoms with Crippen molar-refractivity contribution in [1.29, 1.82) is 0 Å². The SMILES string of the molecule is CCN(c1cc(C#CC2CCN(C)CC2)cc(C(=O)NCC2C(=O)N=C(C)C=C2C)c1C)C1CCOCC1. The number of dihydropyridines is 1. The summed E-state index contributed by atoms with van der Waals surface area (Å²) in [5.74, 6) is 6.48. The monoisotopic (exact) mass is 518 g/mol. The molecule has 0 spiro atoms. The summed E-state index contributed by atoms with van der Waals surface area (Å²) in [4.78, 5) is 34.9. The number of likely N-dealkylation sites (tertiary alicyclic amines) is 1. The van der Waals surface area contributed by atoms with Gasteiger partial charge in [-0.1, -0.05) is 17.4 Å². The molecule has 0 bridgehead atoms. The molecule has 1 atom stereocenters. The van der Waals surface area contributed by atoms with Gasteiger partial charge in [0, 0.05) is 60.8 Å². The van der Waals surface area contributed by atoms with Crippen molar-refractivity contribution in [3.63, 3.8) is 0 Å². The number of anilines is 1. The van der Waals surface area contributed by atoms with Crippen molar-refractivity contribution in [2.75, 3.05) is 51.3 Å². The van der Waals surface area contributed by atoms with E-state index in [4.69, 9.17) is 4.74 Å². The summed E-state index contributed by atoms with van der Waals surface area (Å²) in [5, 5.41) is 3.02. The van der Waals surface area contributed by atoms with E-state index >= 15 is 0 Å². The molecule has 1 aromatic rings. The van der Waals surface area contributed by atoms with Crippen molar-refractivity contribution in [3.05, 3.63) is 40.5 Å². The van der Waals surface area contributed by atoms with E-state index in [0.717, 1.165) is 80.9 Å². The number of rotatable bonds is 6. The zero-order valence-electron chi connectivity index (χ0n) is 23.6. The Balaban J connectivity index is 1.62. The molecule has 2 fully saturated rings. The second-order valence-electron chi connectivity index (χ2n) is 10.9. The molecule has 7 nitrogen and oxygen atoms in total. The third-order valence-corrected chi connectivity index (χ3v) is 8.08. The first-order valence-corrected chi connectivity index (χ1v) is 14.0. The van der Waals surface area contributed by atoms with Gasteiger partial charge in [0.15, 0.2) is 0 Å². The fraction of sp³-hybridized carbons (Fsp3) is 0.581. The van der Waals surface area contributed by atoms with Gasteiger partial charge in [-0.05, 0) is 97.3 Å². The quantitative estimate of drug-likeness (QED) is 0.577. The summed E-state index contributed by atoms with van der Waals surface area (Å²) in [6, 6.07) is 4.44. The Morgan fingerprint density at radius 3 is 2.53 bits per heavy atom. The number of allylic oxidation sites excluding steroid dienone is 1. The Hall–Kier alpha value is -2.95. The lowest BCUT2D eigenvalue weighted by molar-refractivity contribution is -0.120. The van der Waals surface area contributed by atoms with Crippen LogP contribution < -0.4 is 10.2 Å². The third kappa shape index (κ3) is 6.73. The second-order valence-corrected chi connectivity index (χ2v) is 10.9. The average Bonchev–Trinajstić information content (AvgIpc) is 2.90. The fourth-order valence-electron chi connectivity index (χ4n) is 5.71. The number of aliphatic imine (C=N–C) groups is 1. The van der Waals surface area contributed by atoms with Crippen molar-refractivity contribution in [1.82, 2.24) is 10.2 Å². The molecule has 3 aliphatic heterocycles. The number of carbonyl (C=O) groups excluding carboxylic acids is 2. The molecule has 204 valence electrons. The molecule has 38 heavy (non-hydrogen) atoms. The maximum Gasteiger partial charge on any atom is 0.254 e. The minimum Gasteiger partial charge on any atom is -0.381 e. The van der Waals surface area contributed by atoms with Gasteiger partial charge in [-0.15, -0.1) is 0 Å². The highest BCUT2D eigenvalue weighted by molar-refractivity contribution is 6.06. The van der Waals surface area contributed by atoms with Crippen LogP contribution in [0.3, 0.4) is 0 Å². The van der Waals surface area contributed by atoms with E-state index in [2.05, 4.69) is 52.0 Å². The lowest BCUT2D eigenvalue weighted by Gasteiger charge is -2.36. The van der Waals surface area contributed by atoms with Crippen LogP contribution >= 0.6 is 0 Å². The van der Waals surface area contributed by atoms with Gasteiger partial charge in [0.1, 0.15) is 0 Å². The van der Waals surface area contributed by atoms with Crippen LogP contribution in [0.1, 0.15) is 67.9 Å². The number of nitrogens with zero attached hydrogens (tertiary/aromatic N) is 3. The highest BCUT2D eigenvalue weighted by Gasteiger charge is 2.27. The van der Waals surface area contributed by atoms with E-state index in [1.807, 2.05) is 32.9 Å². The van der Waals surface area contributed by atoms with Crippen molar-refractivity contribution >= 4 is 23.2 Å². The van der Waals surface area contributed by atoms with E-state index in [9.17, 15) is 9.59 Å². The van der Waals surface area contributed by atoms with Crippen LogP contribution in [0.4, 0.5) is 5.69 Å². The van der Waals surface area contributed by atoms with Gasteiger partial charge in [-0.25, -0.2) is 4.99 Å². The molecule has 1 N–H and O–H groups in total. The standard InChI is InChI=1S/C31H42N4O3/c1-6-35(26-11-15-38-16-12-26)29-19-25(8-7-24-9-13-34(5)14-10-24)18-27(23(29)4)30(36)32-20-28-21(2)17-22(3)33-31(28)37/h17-19,24,26,28H,6,9-16,20H2,1-5H3,(H,32,36). The molecular weight excluding hydrogens is 476 g/mol. The smallest absolute Gasteiger partial charge is 0.254 e. The maximum absolute atomic E-state index is 13.5. The number of amides is 2. The average molecular weight is 519 g/mol. The number of hydrogen-bond acceptors (Lipinski definition) is 5. The van der Waals surface area contributed by atoms with E-state index in [1.54, 1.807) is 0 Å². The van der Waals surface area contributed by atoms with Gasteiger partial charge in [0.2, 0.25) is 0 Å². The Morgan fingerprint density at radius 2 is 1.87 bits per heavy atom. The topological polar surface area (TPSA) is 74.2 Å². The molecule has 2 amide bonds. The second kappa shape index (κ2) is 12.7. The van der Waals surface area contributed by atoms with Gasteiger partial charge in [-0.3, -0.25) is 9.59 Å². The molecule has 1 aromatic carbocycles. The Morgan fingerprint density at radius 1 is 1.16 bits per heavy atom. The fourth-order valence-corrected chi connectivity index (χ4v) is 5.71. The van der Waals surface area contributed by atoms with Crippen LogP contribution in [0.5, 0.6) is 0 Å². The zero-order chi connectivity index (χ0) is 27.2. The molecule has 3 aliphatic rings. The number of nitrogens with one attached hydrogen (secondary N) is 1. The molecule has 7 heteroatoms. The number of benzene rings is 1. The lowest BCUT2D eigenvalue weighted by Crippen LogP contribution is -2.40. The molecule has 0 saturated carbocycles. The van der Waals surface area contributed by atoms with Gasteiger partial charge in [0.05, 0.1) is 5.92 Å². The number of ether oxygens (including phenoxy) is 1. The van der Waals surface area contributed by atoms with Crippen molar-refractivity contribution in [2.45, 2.75) is 59.4 Å². The van der Waals surface area contributed by atoms with Crippen LogP contribution in [0.15, 0.2) is 28.8 Å². The first kappa shape index (κ1) is 28.1. The maximum atomic E-state index is 13.5. The summed E-state index contributed by atoms with van der Waals surface area (Å²) in [6.45, 7) is 12.6. The first-order valence-electron chi connectivity index (χ1n) is 14.0. The molecule has 0 radical (unpaired) electrons. The molecule has 1 unspecified atom stereocenters. The van der Waals surface area contributed by atoms with E-state index in [-0.39, 0.29) is 18.4 Å². The number of hydrogen-bond donors (Lipinski definition) is 1. The largest absolute Gasteiger partial charge is 0.381 e. The van der Waals surface area contributed by atoms with Crippen LogP contribution in [0, 0.1) is 30.6 Å². The van der Waals surface area contributed by atoms with Crippen LogP contribution in [-0.4, -0.2) is 74.9 Å². The zero-order valence-corrected chi connectivity index (χ0v) is 23.6. The summed E-state index contributed by atoms with van der Waals surface area (Å²) in [7, 11) is 2.15. The summed E-state index contributed by atoms with van der Waals surface area (Å²) < 4.78 is 5.62. The molecular formula is C31H42N4O3. The predicted octanol–water partition coefficient (Wildman–Crippen LogP) is 3.99. The van der Waals surface area contributed by atoms with Crippen molar-refractivity contribution in [3.8, 4) is 11.8 Å². The highest BCUT2D eigenvalue weighted by atomic mass is 16.5. The van der Waals surface area contributed by atoms with Gasteiger partial charge in [-0.2, -0.15) is 0 Å². The summed E-state index contributed by atoms with van der Waals surface area (Å²) in [6.07, 6.45) is 5.99. The van der Waals surface area contributed by atoms with Gasteiger partial charge < -0.3 is 19.9 Å². The third-order valence-electron chi connectivity index (χ3n) is 8.08. The molecule has 3 heterocycles. The normalized spacial score (nSPS) is 21.3. The minimum atomic E-state index is -0.427. The van der Waals surface area contributed by atoms with Crippen LogP contribution in [0.2, 0.25) is 0 Å². The van der Waals surface area contributed by atoms with E-state index in [0.29, 0.717) is 23.2 Å². The molecule has 0 aliphatic carbocycles.